The summed E-state index contributed by atoms with van der Waals surface area (Å²) in [7, 11) is 0. The molecule has 0 aliphatic heterocycles. The molecule has 1 N–H and O–H groups in total. The number of hydrogen-bond donors (Lipinski definition) is 1. The highest BCUT2D eigenvalue weighted by Crippen LogP contribution is 2.31. The lowest BCUT2D eigenvalue weighted by Crippen LogP contribution is -2.06. The molecule has 0 unspecified atom stereocenters. The number of para-hydroxylation sites is 1. The normalized spacial score (nSPS) is 10.9. The third kappa shape index (κ3) is 2.82. The molecule has 1 aromatic heterocycles. The van der Waals surface area contributed by atoms with Crippen LogP contribution in [0.1, 0.15) is 22.3 Å². The van der Waals surface area contributed by atoms with Crippen molar-refractivity contribution in [3.05, 3.63) is 64.7 Å². The summed E-state index contributed by atoms with van der Waals surface area (Å²) < 4.78 is 0. The zero-order chi connectivity index (χ0) is 16.6. The van der Waals surface area contributed by atoms with Gasteiger partial charge in [-0.3, -0.25) is 4.79 Å². The van der Waals surface area contributed by atoms with Crippen LogP contribution in [-0.2, 0) is 11.2 Å². The van der Waals surface area contributed by atoms with E-state index >= 15 is 0 Å². The van der Waals surface area contributed by atoms with E-state index in [-0.39, 0.29) is 6.42 Å². The number of pyridine rings is 1. The molecule has 0 saturated carbocycles. The standard InChI is InChI=1S/C20H19NO2/c1-12-8-9-15(10-13(12)2)20-17(11-19(22)23)14(3)16-6-4-5-7-18(16)21-20/h4-10H,11H2,1-3H3,(H,22,23). The second-order valence-corrected chi connectivity index (χ2v) is 5.95. The van der Waals surface area contributed by atoms with E-state index in [2.05, 4.69) is 26.0 Å². The zero-order valence-electron chi connectivity index (χ0n) is 13.6. The highest BCUT2D eigenvalue weighted by molar-refractivity contribution is 5.89. The van der Waals surface area contributed by atoms with Gasteiger partial charge in [0.25, 0.3) is 0 Å². The number of benzene rings is 2. The van der Waals surface area contributed by atoms with Crippen LogP contribution in [0, 0.1) is 20.8 Å². The molecular weight excluding hydrogens is 286 g/mol. The second-order valence-electron chi connectivity index (χ2n) is 5.95. The van der Waals surface area contributed by atoms with Crippen molar-refractivity contribution in [3.63, 3.8) is 0 Å². The fourth-order valence-electron chi connectivity index (χ4n) is 2.91. The molecule has 0 amide bonds. The summed E-state index contributed by atoms with van der Waals surface area (Å²) in [5.74, 6) is -0.838. The Morgan fingerprint density at radius 2 is 1.78 bits per heavy atom. The third-order valence-electron chi connectivity index (χ3n) is 4.39. The Labute approximate surface area is 135 Å². The largest absolute Gasteiger partial charge is 0.481 e. The molecule has 3 aromatic rings. The molecule has 3 rings (SSSR count). The zero-order valence-corrected chi connectivity index (χ0v) is 13.6. The number of fused-ring (bicyclic) bond motifs is 1. The second kappa shape index (κ2) is 5.84. The van der Waals surface area contributed by atoms with E-state index in [4.69, 9.17) is 4.98 Å². The van der Waals surface area contributed by atoms with Crippen molar-refractivity contribution in [2.75, 3.05) is 0 Å². The van der Waals surface area contributed by atoms with Gasteiger partial charge in [0.2, 0.25) is 0 Å². The summed E-state index contributed by atoms with van der Waals surface area (Å²) in [6, 6.07) is 14.0. The fourth-order valence-corrected chi connectivity index (χ4v) is 2.91. The van der Waals surface area contributed by atoms with Gasteiger partial charge in [0.15, 0.2) is 0 Å². The number of rotatable bonds is 3. The van der Waals surface area contributed by atoms with Crippen LogP contribution in [-0.4, -0.2) is 16.1 Å². The predicted octanol–water partition coefficient (Wildman–Crippen LogP) is 4.45. The van der Waals surface area contributed by atoms with Crippen molar-refractivity contribution in [3.8, 4) is 11.3 Å². The lowest BCUT2D eigenvalue weighted by atomic mass is 9.94. The van der Waals surface area contributed by atoms with Crippen LogP contribution in [0.25, 0.3) is 22.2 Å². The van der Waals surface area contributed by atoms with Crippen LogP contribution in [0.15, 0.2) is 42.5 Å². The minimum absolute atomic E-state index is 0.0219. The quantitative estimate of drug-likeness (QED) is 0.777. The van der Waals surface area contributed by atoms with Crippen LogP contribution in [0.5, 0.6) is 0 Å². The smallest absolute Gasteiger partial charge is 0.307 e. The number of aromatic nitrogens is 1. The molecule has 0 fully saturated rings. The van der Waals surface area contributed by atoms with Crippen molar-refractivity contribution < 1.29 is 9.90 Å². The summed E-state index contributed by atoms with van der Waals surface area (Å²) >= 11 is 0. The van der Waals surface area contributed by atoms with Crippen molar-refractivity contribution in [1.29, 1.82) is 0 Å². The molecule has 0 aliphatic carbocycles. The number of carboxylic acids is 1. The summed E-state index contributed by atoms with van der Waals surface area (Å²) in [6.45, 7) is 6.10. The molecule has 3 heteroatoms. The van der Waals surface area contributed by atoms with E-state index in [0.29, 0.717) is 0 Å². The number of carboxylic acid groups (broad SMARTS) is 1. The minimum atomic E-state index is -0.838. The molecular formula is C20H19NO2. The molecule has 23 heavy (non-hydrogen) atoms. The number of aryl methyl sites for hydroxylation is 3. The Morgan fingerprint density at radius 1 is 1.04 bits per heavy atom. The summed E-state index contributed by atoms with van der Waals surface area (Å²) in [5, 5.41) is 10.3. The van der Waals surface area contributed by atoms with Crippen molar-refractivity contribution >= 4 is 16.9 Å². The Morgan fingerprint density at radius 3 is 2.48 bits per heavy atom. The summed E-state index contributed by atoms with van der Waals surface area (Å²) in [6.07, 6.45) is -0.0219. The van der Waals surface area contributed by atoms with Crippen LogP contribution >= 0.6 is 0 Å². The Kier molecular flexibility index (Phi) is 3.87. The van der Waals surface area contributed by atoms with Gasteiger partial charge in [-0.05, 0) is 55.2 Å². The Bertz CT molecular complexity index is 913. The number of aliphatic carboxylic acids is 1. The molecule has 0 bridgehead atoms. The maximum absolute atomic E-state index is 11.3. The van der Waals surface area contributed by atoms with E-state index < -0.39 is 5.97 Å². The van der Waals surface area contributed by atoms with E-state index in [1.165, 1.54) is 11.1 Å². The van der Waals surface area contributed by atoms with Gasteiger partial charge < -0.3 is 5.11 Å². The number of nitrogens with zero attached hydrogens (tertiary/aromatic N) is 1. The van der Waals surface area contributed by atoms with Gasteiger partial charge in [0.05, 0.1) is 17.6 Å². The topological polar surface area (TPSA) is 50.2 Å². The molecule has 0 saturated heterocycles. The van der Waals surface area contributed by atoms with Crippen LogP contribution in [0.4, 0.5) is 0 Å². The molecule has 1 heterocycles. The summed E-state index contributed by atoms with van der Waals surface area (Å²) in [5.41, 5.74) is 6.81. The molecule has 0 atom stereocenters. The molecule has 3 nitrogen and oxygen atoms in total. The van der Waals surface area contributed by atoms with Crippen LogP contribution in [0.3, 0.4) is 0 Å². The number of hydrogen-bond acceptors (Lipinski definition) is 2. The maximum atomic E-state index is 11.3. The van der Waals surface area contributed by atoms with Gasteiger partial charge in [-0.2, -0.15) is 0 Å². The first-order valence-corrected chi connectivity index (χ1v) is 7.65. The first-order valence-electron chi connectivity index (χ1n) is 7.65. The monoisotopic (exact) mass is 305 g/mol. The average Bonchev–Trinajstić information content (AvgIpc) is 2.52. The van der Waals surface area contributed by atoms with Gasteiger partial charge in [-0.15, -0.1) is 0 Å². The average molecular weight is 305 g/mol. The minimum Gasteiger partial charge on any atom is -0.481 e. The summed E-state index contributed by atoms with van der Waals surface area (Å²) in [4.78, 5) is 16.1. The first-order chi connectivity index (χ1) is 11.0. The van der Waals surface area contributed by atoms with Crippen LogP contribution < -0.4 is 0 Å². The maximum Gasteiger partial charge on any atom is 0.307 e. The molecule has 0 radical (unpaired) electrons. The van der Waals surface area contributed by atoms with Crippen LogP contribution in [0.2, 0.25) is 0 Å². The molecule has 2 aromatic carbocycles. The highest BCUT2D eigenvalue weighted by Gasteiger charge is 2.16. The van der Waals surface area contributed by atoms with Gasteiger partial charge in [0.1, 0.15) is 0 Å². The fraction of sp³-hybridized carbons (Fsp3) is 0.200. The molecule has 0 spiro atoms. The van der Waals surface area contributed by atoms with E-state index in [1.807, 2.05) is 37.3 Å². The van der Waals surface area contributed by atoms with Gasteiger partial charge in [-0.1, -0.05) is 30.3 Å². The Hall–Kier alpha value is -2.68. The van der Waals surface area contributed by atoms with Gasteiger partial charge >= 0.3 is 5.97 Å². The molecule has 0 aliphatic rings. The van der Waals surface area contributed by atoms with Crippen molar-refractivity contribution in [2.24, 2.45) is 0 Å². The third-order valence-corrected chi connectivity index (χ3v) is 4.39. The van der Waals surface area contributed by atoms with Gasteiger partial charge in [0, 0.05) is 10.9 Å². The lowest BCUT2D eigenvalue weighted by molar-refractivity contribution is -0.136. The van der Waals surface area contributed by atoms with Crippen molar-refractivity contribution in [2.45, 2.75) is 27.2 Å². The Balaban J connectivity index is 2.32. The van der Waals surface area contributed by atoms with Gasteiger partial charge in [-0.25, -0.2) is 4.98 Å². The highest BCUT2D eigenvalue weighted by atomic mass is 16.4. The van der Waals surface area contributed by atoms with Crippen molar-refractivity contribution in [1.82, 2.24) is 4.98 Å². The predicted molar refractivity (Wildman–Crippen MR) is 92.7 cm³/mol. The van der Waals surface area contributed by atoms with E-state index in [1.54, 1.807) is 0 Å². The SMILES string of the molecule is Cc1ccc(-c2nc3ccccc3c(C)c2CC(=O)O)cc1C. The lowest BCUT2D eigenvalue weighted by Gasteiger charge is -2.14. The van der Waals surface area contributed by atoms with E-state index in [9.17, 15) is 9.90 Å². The van der Waals surface area contributed by atoms with E-state index in [0.717, 1.165) is 33.3 Å². The number of carbonyl (C=O) groups is 1. The molecule has 116 valence electrons. The first kappa shape index (κ1) is 15.2.